The minimum Gasteiger partial charge on any atom is -0.281 e. The van der Waals surface area contributed by atoms with Gasteiger partial charge in [-0.25, -0.2) is 8.42 Å². The van der Waals surface area contributed by atoms with Crippen molar-refractivity contribution in [1.82, 2.24) is 15.4 Å². The van der Waals surface area contributed by atoms with E-state index >= 15 is 0 Å². The molecule has 2 aromatic rings. The van der Waals surface area contributed by atoms with Gasteiger partial charge in [0.1, 0.15) is 11.0 Å². The van der Waals surface area contributed by atoms with Crippen LogP contribution in [0.3, 0.4) is 0 Å². The number of nitrogens with one attached hydrogen (secondary N) is 2. The predicted octanol–water partition coefficient (Wildman–Crippen LogP) is 0.720. The fourth-order valence-electron chi connectivity index (χ4n) is 1.19. The summed E-state index contributed by atoms with van der Waals surface area (Å²) in [7, 11) is -3.27. The zero-order valence-corrected chi connectivity index (χ0v) is 8.87. The SMILES string of the molecule is CCS(=O)(=O)Nc1cccc2n[nH]nc12. The summed E-state index contributed by atoms with van der Waals surface area (Å²) in [4.78, 5) is 0. The largest absolute Gasteiger partial charge is 0.281 e. The van der Waals surface area contributed by atoms with Crippen molar-refractivity contribution in [2.24, 2.45) is 0 Å². The molecule has 0 aliphatic carbocycles. The topological polar surface area (TPSA) is 87.7 Å². The maximum absolute atomic E-state index is 11.4. The first-order valence-corrected chi connectivity index (χ1v) is 6.07. The summed E-state index contributed by atoms with van der Waals surface area (Å²) in [5.74, 6) is 0.0290. The Labute approximate surface area is 86.7 Å². The van der Waals surface area contributed by atoms with Crippen molar-refractivity contribution in [1.29, 1.82) is 0 Å². The summed E-state index contributed by atoms with van der Waals surface area (Å²) in [5, 5.41) is 10.2. The van der Waals surface area contributed by atoms with Crippen LogP contribution >= 0.6 is 0 Å². The number of H-pyrrole nitrogens is 1. The highest BCUT2D eigenvalue weighted by molar-refractivity contribution is 7.92. The Morgan fingerprint density at radius 1 is 1.40 bits per heavy atom. The molecule has 1 aromatic carbocycles. The van der Waals surface area contributed by atoms with Gasteiger partial charge in [-0.2, -0.15) is 15.4 Å². The van der Waals surface area contributed by atoms with Gasteiger partial charge in [0.05, 0.1) is 11.4 Å². The van der Waals surface area contributed by atoms with Gasteiger partial charge in [-0.05, 0) is 19.1 Å². The number of benzene rings is 1. The van der Waals surface area contributed by atoms with Crippen molar-refractivity contribution in [2.75, 3.05) is 10.5 Å². The molecule has 1 heterocycles. The average Bonchev–Trinajstić information content (AvgIpc) is 2.66. The number of nitrogens with zero attached hydrogens (tertiary/aromatic N) is 2. The van der Waals surface area contributed by atoms with Gasteiger partial charge in [-0.1, -0.05) is 6.07 Å². The second-order valence-electron chi connectivity index (χ2n) is 3.00. The Balaban J connectivity index is 2.48. The van der Waals surface area contributed by atoms with Crippen LogP contribution in [0.25, 0.3) is 11.0 Å². The molecular formula is C8H10N4O2S. The molecule has 0 aliphatic heterocycles. The highest BCUT2D eigenvalue weighted by atomic mass is 32.2. The lowest BCUT2D eigenvalue weighted by Crippen LogP contribution is -2.14. The minimum absolute atomic E-state index is 0.0290. The summed E-state index contributed by atoms with van der Waals surface area (Å²) < 4.78 is 25.2. The van der Waals surface area contributed by atoms with E-state index in [1.165, 1.54) is 0 Å². The molecule has 1 aromatic heterocycles. The summed E-state index contributed by atoms with van der Waals surface area (Å²) in [6.45, 7) is 1.57. The Morgan fingerprint density at radius 3 is 2.93 bits per heavy atom. The molecule has 0 unspecified atom stereocenters. The van der Waals surface area contributed by atoms with E-state index in [0.29, 0.717) is 16.7 Å². The van der Waals surface area contributed by atoms with Gasteiger partial charge < -0.3 is 0 Å². The molecule has 80 valence electrons. The lowest BCUT2D eigenvalue weighted by Gasteiger charge is -2.05. The molecule has 0 spiro atoms. The van der Waals surface area contributed by atoms with Gasteiger partial charge in [0.15, 0.2) is 0 Å². The summed E-state index contributed by atoms with van der Waals surface area (Å²) in [6.07, 6.45) is 0. The van der Waals surface area contributed by atoms with E-state index in [0.717, 1.165) is 0 Å². The standard InChI is InChI=1S/C8H10N4O2S/c1-2-15(13,14)11-7-5-3-4-6-8(7)10-12-9-6/h3-5,11H,2H2,1H3,(H,9,10,12). The highest BCUT2D eigenvalue weighted by Crippen LogP contribution is 2.19. The van der Waals surface area contributed by atoms with E-state index in [-0.39, 0.29) is 5.75 Å². The molecule has 0 bridgehead atoms. The van der Waals surface area contributed by atoms with Crippen LogP contribution in [0.15, 0.2) is 18.2 Å². The summed E-state index contributed by atoms with van der Waals surface area (Å²) >= 11 is 0. The number of fused-ring (bicyclic) bond motifs is 1. The van der Waals surface area contributed by atoms with E-state index in [1.54, 1.807) is 25.1 Å². The van der Waals surface area contributed by atoms with Crippen LogP contribution in [0, 0.1) is 0 Å². The minimum atomic E-state index is -3.27. The Morgan fingerprint density at radius 2 is 2.20 bits per heavy atom. The quantitative estimate of drug-likeness (QED) is 0.807. The molecule has 15 heavy (non-hydrogen) atoms. The molecule has 7 heteroatoms. The summed E-state index contributed by atoms with van der Waals surface area (Å²) in [5.41, 5.74) is 1.60. The van der Waals surface area contributed by atoms with Crippen LogP contribution < -0.4 is 4.72 Å². The Bertz CT molecular complexity index is 575. The average molecular weight is 226 g/mol. The number of hydrogen-bond donors (Lipinski definition) is 2. The second-order valence-corrected chi connectivity index (χ2v) is 5.01. The van der Waals surface area contributed by atoms with Gasteiger partial charge in [0, 0.05) is 0 Å². The van der Waals surface area contributed by atoms with Gasteiger partial charge in [-0.15, -0.1) is 0 Å². The first-order chi connectivity index (χ1) is 7.12. The third kappa shape index (κ3) is 1.91. The number of sulfonamides is 1. The smallest absolute Gasteiger partial charge is 0.232 e. The van der Waals surface area contributed by atoms with E-state index in [4.69, 9.17) is 0 Å². The number of aromatic amines is 1. The van der Waals surface area contributed by atoms with Gasteiger partial charge >= 0.3 is 0 Å². The molecule has 0 atom stereocenters. The number of rotatable bonds is 3. The lowest BCUT2D eigenvalue weighted by molar-refractivity contribution is 0.602. The predicted molar refractivity (Wildman–Crippen MR) is 57.0 cm³/mol. The summed E-state index contributed by atoms with van der Waals surface area (Å²) in [6, 6.07) is 5.12. The molecule has 0 saturated heterocycles. The maximum Gasteiger partial charge on any atom is 0.232 e. The van der Waals surface area contributed by atoms with Crippen LogP contribution in [0.5, 0.6) is 0 Å². The Hall–Kier alpha value is -1.63. The third-order valence-corrected chi connectivity index (χ3v) is 3.28. The first kappa shape index (κ1) is 9.91. The van der Waals surface area contributed by atoms with Crippen LogP contribution in [-0.2, 0) is 10.0 Å². The monoisotopic (exact) mass is 226 g/mol. The van der Waals surface area contributed by atoms with E-state index in [1.807, 2.05) is 0 Å². The number of aromatic nitrogens is 3. The van der Waals surface area contributed by atoms with Crippen LogP contribution in [0.4, 0.5) is 5.69 Å². The van der Waals surface area contributed by atoms with Crippen molar-refractivity contribution in [3.63, 3.8) is 0 Å². The second kappa shape index (κ2) is 3.50. The third-order valence-electron chi connectivity index (χ3n) is 1.99. The lowest BCUT2D eigenvalue weighted by atomic mass is 10.3. The fraction of sp³-hybridized carbons (Fsp3) is 0.250. The number of para-hydroxylation sites is 1. The van der Waals surface area contributed by atoms with Crippen LogP contribution in [-0.4, -0.2) is 29.6 Å². The number of hydrogen-bond acceptors (Lipinski definition) is 4. The fourth-order valence-corrected chi connectivity index (χ4v) is 1.83. The van der Waals surface area contributed by atoms with Gasteiger partial charge in [0.25, 0.3) is 0 Å². The number of anilines is 1. The molecule has 0 aliphatic rings. The zero-order valence-electron chi connectivity index (χ0n) is 8.06. The molecule has 0 fully saturated rings. The van der Waals surface area contributed by atoms with E-state index in [2.05, 4.69) is 20.1 Å². The van der Waals surface area contributed by atoms with Crippen molar-refractivity contribution in [3.05, 3.63) is 18.2 Å². The Kier molecular flexibility index (Phi) is 2.31. The molecular weight excluding hydrogens is 216 g/mol. The van der Waals surface area contributed by atoms with Gasteiger partial charge in [-0.3, -0.25) is 4.72 Å². The molecule has 6 nitrogen and oxygen atoms in total. The van der Waals surface area contributed by atoms with Crippen LogP contribution in [0.2, 0.25) is 0 Å². The van der Waals surface area contributed by atoms with Crippen molar-refractivity contribution >= 4 is 26.7 Å². The highest BCUT2D eigenvalue weighted by Gasteiger charge is 2.10. The normalized spacial score (nSPS) is 11.8. The van der Waals surface area contributed by atoms with Crippen molar-refractivity contribution in [3.8, 4) is 0 Å². The molecule has 0 saturated carbocycles. The molecule has 2 rings (SSSR count). The first-order valence-electron chi connectivity index (χ1n) is 4.42. The van der Waals surface area contributed by atoms with Crippen LogP contribution in [0.1, 0.15) is 6.92 Å². The molecule has 0 amide bonds. The molecule has 2 N–H and O–H groups in total. The van der Waals surface area contributed by atoms with E-state index in [9.17, 15) is 8.42 Å². The molecule has 0 radical (unpaired) electrons. The van der Waals surface area contributed by atoms with Crippen molar-refractivity contribution in [2.45, 2.75) is 6.92 Å². The maximum atomic E-state index is 11.4. The van der Waals surface area contributed by atoms with Crippen molar-refractivity contribution < 1.29 is 8.42 Å². The van der Waals surface area contributed by atoms with Gasteiger partial charge in [0.2, 0.25) is 10.0 Å². The zero-order chi connectivity index (χ0) is 10.9. The van der Waals surface area contributed by atoms with E-state index < -0.39 is 10.0 Å².